The lowest BCUT2D eigenvalue weighted by Gasteiger charge is -2.17. The van der Waals surface area contributed by atoms with Gasteiger partial charge in [-0.05, 0) is 24.1 Å². The lowest BCUT2D eigenvalue weighted by Crippen LogP contribution is -2.26. The number of hydrogen-bond donors (Lipinski definition) is 1. The second-order valence-electron chi connectivity index (χ2n) is 3.83. The van der Waals surface area contributed by atoms with Crippen LogP contribution in [0.25, 0.3) is 0 Å². The molecule has 1 N–H and O–H groups in total. The summed E-state index contributed by atoms with van der Waals surface area (Å²) in [5.74, 6) is 0.00474. The van der Waals surface area contributed by atoms with Gasteiger partial charge < -0.3 is 10.0 Å². The van der Waals surface area contributed by atoms with Crippen molar-refractivity contribution in [3.63, 3.8) is 0 Å². The number of amides is 1. The van der Waals surface area contributed by atoms with Gasteiger partial charge in [0.15, 0.2) is 0 Å². The number of aliphatic hydroxyl groups is 1. The zero-order chi connectivity index (χ0) is 12.8. The Bertz CT molecular complexity index is 396. The minimum Gasteiger partial charge on any atom is -0.396 e. The van der Waals surface area contributed by atoms with Gasteiger partial charge in [0.1, 0.15) is 0 Å². The van der Waals surface area contributed by atoms with E-state index in [1.54, 1.807) is 24.1 Å². The van der Waals surface area contributed by atoms with Crippen LogP contribution < -0.4 is 0 Å². The van der Waals surface area contributed by atoms with E-state index in [0.29, 0.717) is 29.4 Å². The van der Waals surface area contributed by atoms with Crippen molar-refractivity contribution in [2.24, 2.45) is 0 Å². The molecule has 0 heterocycles. The molecule has 0 saturated heterocycles. The number of benzene rings is 1. The highest BCUT2D eigenvalue weighted by atomic mass is 35.5. The van der Waals surface area contributed by atoms with E-state index in [2.05, 4.69) is 0 Å². The first kappa shape index (κ1) is 14.3. The van der Waals surface area contributed by atoms with Crippen LogP contribution in [-0.4, -0.2) is 29.6 Å². The van der Waals surface area contributed by atoms with Gasteiger partial charge in [0.05, 0.1) is 10.0 Å². The summed E-state index contributed by atoms with van der Waals surface area (Å²) in [7, 11) is 1.72. The van der Waals surface area contributed by atoms with E-state index in [4.69, 9.17) is 28.3 Å². The maximum atomic E-state index is 11.6. The van der Waals surface area contributed by atoms with Gasteiger partial charge >= 0.3 is 0 Å². The summed E-state index contributed by atoms with van der Waals surface area (Å²) in [5, 5.41) is 9.64. The number of halogens is 2. The van der Waals surface area contributed by atoms with Crippen LogP contribution in [0.1, 0.15) is 18.4 Å². The van der Waals surface area contributed by atoms with Gasteiger partial charge in [-0.1, -0.05) is 29.3 Å². The van der Waals surface area contributed by atoms with E-state index in [0.717, 1.165) is 5.56 Å². The highest BCUT2D eigenvalue weighted by molar-refractivity contribution is 6.42. The molecule has 0 bridgehead atoms. The molecule has 17 heavy (non-hydrogen) atoms. The Hall–Kier alpha value is -0.770. The van der Waals surface area contributed by atoms with E-state index < -0.39 is 0 Å². The average molecular weight is 276 g/mol. The predicted molar refractivity (Wildman–Crippen MR) is 69.3 cm³/mol. The quantitative estimate of drug-likeness (QED) is 0.898. The fraction of sp³-hybridized carbons (Fsp3) is 0.417. The summed E-state index contributed by atoms with van der Waals surface area (Å²) in [6.07, 6.45) is 0.846. The molecule has 0 saturated carbocycles. The van der Waals surface area contributed by atoms with Crippen molar-refractivity contribution in [2.45, 2.75) is 19.4 Å². The Morgan fingerprint density at radius 2 is 2.06 bits per heavy atom. The van der Waals surface area contributed by atoms with Gasteiger partial charge in [-0.3, -0.25) is 4.79 Å². The number of carbonyl (C=O) groups is 1. The molecule has 0 aliphatic rings. The minimum atomic E-state index is 0.00474. The first-order valence-corrected chi connectivity index (χ1v) is 6.09. The van der Waals surface area contributed by atoms with E-state index in [1.165, 1.54) is 0 Å². The van der Waals surface area contributed by atoms with Crippen LogP contribution in [0.4, 0.5) is 0 Å². The van der Waals surface area contributed by atoms with E-state index >= 15 is 0 Å². The maximum Gasteiger partial charge on any atom is 0.222 e. The van der Waals surface area contributed by atoms with Gasteiger partial charge in [-0.2, -0.15) is 0 Å². The summed E-state index contributed by atoms with van der Waals surface area (Å²) < 4.78 is 0. The second kappa shape index (κ2) is 6.84. The van der Waals surface area contributed by atoms with Gasteiger partial charge in [-0.25, -0.2) is 0 Å². The Morgan fingerprint density at radius 1 is 1.35 bits per heavy atom. The van der Waals surface area contributed by atoms with Crippen LogP contribution in [0, 0.1) is 0 Å². The van der Waals surface area contributed by atoms with Gasteiger partial charge in [0.25, 0.3) is 0 Å². The highest BCUT2D eigenvalue weighted by Gasteiger charge is 2.09. The Kier molecular flexibility index (Phi) is 5.75. The molecule has 0 radical (unpaired) electrons. The zero-order valence-corrected chi connectivity index (χ0v) is 11.1. The first-order valence-electron chi connectivity index (χ1n) is 5.33. The van der Waals surface area contributed by atoms with E-state index in [1.807, 2.05) is 6.07 Å². The minimum absolute atomic E-state index is 0.00474. The van der Waals surface area contributed by atoms with Crippen LogP contribution in [0.15, 0.2) is 18.2 Å². The molecule has 1 rings (SSSR count). The largest absolute Gasteiger partial charge is 0.396 e. The molecule has 1 aromatic rings. The number of hydrogen-bond acceptors (Lipinski definition) is 2. The van der Waals surface area contributed by atoms with Gasteiger partial charge in [0.2, 0.25) is 5.91 Å². The molecule has 5 heteroatoms. The van der Waals surface area contributed by atoms with Crippen molar-refractivity contribution >= 4 is 29.1 Å². The molecule has 0 spiro atoms. The fourth-order valence-corrected chi connectivity index (χ4v) is 1.74. The highest BCUT2D eigenvalue weighted by Crippen LogP contribution is 2.23. The van der Waals surface area contributed by atoms with Crippen molar-refractivity contribution in [3.8, 4) is 0 Å². The topological polar surface area (TPSA) is 40.5 Å². The molecule has 94 valence electrons. The van der Waals surface area contributed by atoms with Crippen molar-refractivity contribution in [2.75, 3.05) is 13.7 Å². The molecule has 0 aromatic heterocycles. The molecule has 0 aliphatic carbocycles. The van der Waals surface area contributed by atoms with Crippen LogP contribution >= 0.6 is 23.2 Å². The van der Waals surface area contributed by atoms with E-state index in [9.17, 15) is 4.79 Å². The zero-order valence-electron chi connectivity index (χ0n) is 9.62. The summed E-state index contributed by atoms with van der Waals surface area (Å²) in [6, 6.07) is 5.30. The normalized spacial score (nSPS) is 10.4. The van der Waals surface area contributed by atoms with E-state index in [-0.39, 0.29) is 12.5 Å². The summed E-state index contributed by atoms with van der Waals surface area (Å²) in [6.45, 7) is 0.521. The van der Waals surface area contributed by atoms with Crippen LogP contribution in [-0.2, 0) is 11.3 Å². The van der Waals surface area contributed by atoms with Crippen LogP contribution in [0.3, 0.4) is 0 Å². The molecule has 0 fully saturated rings. The molecular formula is C12H15Cl2NO2. The molecule has 1 amide bonds. The molecule has 3 nitrogen and oxygen atoms in total. The Morgan fingerprint density at radius 3 is 2.65 bits per heavy atom. The third-order valence-corrected chi connectivity index (χ3v) is 3.12. The number of carbonyl (C=O) groups excluding carboxylic acids is 1. The number of aliphatic hydroxyl groups excluding tert-OH is 1. The summed E-state index contributed by atoms with van der Waals surface area (Å²) >= 11 is 11.7. The van der Waals surface area contributed by atoms with Crippen LogP contribution in [0.2, 0.25) is 10.0 Å². The third-order valence-electron chi connectivity index (χ3n) is 2.38. The number of rotatable bonds is 5. The molecule has 1 aromatic carbocycles. The van der Waals surface area contributed by atoms with Crippen molar-refractivity contribution in [1.29, 1.82) is 0 Å². The van der Waals surface area contributed by atoms with Crippen molar-refractivity contribution in [3.05, 3.63) is 33.8 Å². The summed E-state index contributed by atoms with van der Waals surface area (Å²) in [5.41, 5.74) is 0.930. The maximum absolute atomic E-state index is 11.6. The summed E-state index contributed by atoms with van der Waals surface area (Å²) in [4.78, 5) is 13.2. The SMILES string of the molecule is CN(Cc1ccc(Cl)c(Cl)c1)C(=O)CCCO. The monoisotopic (exact) mass is 275 g/mol. The van der Waals surface area contributed by atoms with Crippen LogP contribution in [0.5, 0.6) is 0 Å². The lowest BCUT2D eigenvalue weighted by atomic mass is 10.2. The first-order chi connectivity index (χ1) is 8.04. The van der Waals surface area contributed by atoms with Crippen molar-refractivity contribution in [1.82, 2.24) is 4.90 Å². The Balaban J connectivity index is 2.58. The molecule has 0 atom stereocenters. The average Bonchev–Trinajstić information content (AvgIpc) is 2.30. The predicted octanol–water partition coefficient (Wildman–Crippen LogP) is 2.72. The third kappa shape index (κ3) is 4.54. The standard InChI is InChI=1S/C12H15Cl2NO2/c1-15(12(17)3-2-6-16)8-9-4-5-10(13)11(14)7-9/h4-5,7,16H,2-3,6,8H2,1H3. The van der Waals surface area contributed by atoms with Crippen molar-refractivity contribution < 1.29 is 9.90 Å². The smallest absolute Gasteiger partial charge is 0.222 e. The second-order valence-corrected chi connectivity index (χ2v) is 4.64. The molecule has 0 aliphatic heterocycles. The number of nitrogens with zero attached hydrogens (tertiary/aromatic N) is 1. The van der Waals surface area contributed by atoms with Gasteiger partial charge in [0, 0.05) is 26.6 Å². The fourth-order valence-electron chi connectivity index (χ4n) is 1.42. The Labute approximate surface area is 111 Å². The lowest BCUT2D eigenvalue weighted by molar-refractivity contribution is -0.130. The molecular weight excluding hydrogens is 261 g/mol. The van der Waals surface area contributed by atoms with Gasteiger partial charge in [-0.15, -0.1) is 0 Å². The molecule has 0 unspecified atom stereocenters.